The Bertz CT molecular complexity index is 568. The van der Waals surface area contributed by atoms with E-state index < -0.39 is 0 Å². The first kappa shape index (κ1) is 15.1. The van der Waals surface area contributed by atoms with Crippen molar-refractivity contribution in [3.63, 3.8) is 0 Å². The minimum atomic E-state index is 0.674. The summed E-state index contributed by atoms with van der Waals surface area (Å²) in [4.78, 5) is 0. The molecule has 2 heterocycles. The van der Waals surface area contributed by atoms with Crippen LogP contribution in [0.15, 0.2) is 18.5 Å². The van der Waals surface area contributed by atoms with Gasteiger partial charge < -0.3 is 9.88 Å². The lowest BCUT2D eigenvalue weighted by Crippen LogP contribution is -2.18. The molecule has 0 unspecified atom stereocenters. The number of aromatic nitrogens is 3. The monoisotopic (exact) mass is 294 g/mol. The predicted molar refractivity (Wildman–Crippen MR) is 83.0 cm³/mol. The van der Waals surface area contributed by atoms with Crippen molar-refractivity contribution >= 4 is 11.6 Å². The molecule has 1 N–H and O–H groups in total. The van der Waals surface area contributed by atoms with Gasteiger partial charge in [0.1, 0.15) is 0 Å². The van der Waals surface area contributed by atoms with Crippen LogP contribution < -0.4 is 5.32 Å². The molecule has 0 atom stereocenters. The van der Waals surface area contributed by atoms with Crippen molar-refractivity contribution in [2.45, 2.75) is 33.9 Å². The molecule has 20 heavy (non-hydrogen) atoms. The molecule has 0 aromatic carbocycles. The summed E-state index contributed by atoms with van der Waals surface area (Å²) >= 11 is 6.28. The maximum Gasteiger partial charge on any atom is 0.0865 e. The average molecular weight is 295 g/mol. The second-order valence-corrected chi connectivity index (χ2v) is 6.06. The summed E-state index contributed by atoms with van der Waals surface area (Å²) in [6, 6.07) is 2.14. The van der Waals surface area contributed by atoms with E-state index in [4.69, 9.17) is 11.6 Å². The van der Waals surface area contributed by atoms with Gasteiger partial charge in [-0.3, -0.25) is 4.68 Å². The number of nitrogens with one attached hydrogen (secondary N) is 1. The number of nitrogens with zero attached hydrogens (tertiary/aromatic N) is 3. The number of aryl methyl sites for hydroxylation is 2. The van der Waals surface area contributed by atoms with Crippen LogP contribution in [0.3, 0.4) is 0 Å². The maximum absolute atomic E-state index is 6.28. The van der Waals surface area contributed by atoms with Crippen LogP contribution in [0.4, 0.5) is 0 Å². The minimum absolute atomic E-state index is 0.674. The van der Waals surface area contributed by atoms with Crippen LogP contribution in [0.5, 0.6) is 0 Å². The summed E-state index contributed by atoms with van der Waals surface area (Å²) in [7, 11) is 1.93. The summed E-state index contributed by atoms with van der Waals surface area (Å²) in [5.41, 5.74) is 3.22. The maximum atomic E-state index is 6.28. The highest BCUT2D eigenvalue weighted by atomic mass is 35.5. The fourth-order valence-electron chi connectivity index (χ4n) is 2.22. The molecule has 0 amide bonds. The molecule has 0 aliphatic rings. The van der Waals surface area contributed by atoms with E-state index >= 15 is 0 Å². The summed E-state index contributed by atoms with van der Waals surface area (Å²) in [6.07, 6.45) is 4.25. The van der Waals surface area contributed by atoms with Gasteiger partial charge in [-0.15, -0.1) is 0 Å². The quantitative estimate of drug-likeness (QED) is 0.889. The zero-order valence-electron chi connectivity index (χ0n) is 12.7. The Hall–Kier alpha value is -1.26. The van der Waals surface area contributed by atoms with Gasteiger partial charge in [0.05, 0.1) is 23.0 Å². The molecule has 0 bridgehead atoms. The average Bonchev–Trinajstić information content (AvgIpc) is 2.90. The van der Waals surface area contributed by atoms with Gasteiger partial charge >= 0.3 is 0 Å². The molecule has 0 aliphatic heterocycles. The summed E-state index contributed by atoms with van der Waals surface area (Å²) < 4.78 is 4.00. The van der Waals surface area contributed by atoms with Crippen LogP contribution in [0, 0.1) is 12.8 Å². The number of hydrogen-bond donors (Lipinski definition) is 1. The zero-order chi connectivity index (χ0) is 14.7. The first-order chi connectivity index (χ1) is 9.47. The Morgan fingerprint density at radius 2 is 2.15 bits per heavy atom. The van der Waals surface area contributed by atoms with Gasteiger partial charge in [-0.05, 0) is 31.0 Å². The van der Waals surface area contributed by atoms with Gasteiger partial charge in [0.25, 0.3) is 0 Å². The topological polar surface area (TPSA) is 34.8 Å². The number of rotatable bonds is 6. The van der Waals surface area contributed by atoms with Gasteiger partial charge in [-0.2, -0.15) is 5.10 Å². The van der Waals surface area contributed by atoms with Crippen molar-refractivity contribution < 1.29 is 0 Å². The smallest absolute Gasteiger partial charge is 0.0865 e. The van der Waals surface area contributed by atoms with Gasteiger partial charge in [0, 0.05) is 26.0 Å². The van der Waals surface area contributed by atoms with Crippen LogP contribution in [0.2, 0.25) is 5.02 Å². The lowest BCUT2D eigenvalue weighted by molar-refractivity contribution is 0.552. The Morgan fingerprint density at radius 3 is 2.75 bits per heavy atom. The molecule has 110 valence electrons. The fraction of sp³-hybridized carbons (Fsp3) is 0.533. The van der Waals surface area contributed by atoms with Crippen molar-refractivity contribution in [3.8, 4) is 0 Å². The van der Waals surface area contributed by atoms with Crippen LogP contribution in [0.25, 0.3) is 0 Å². The van der Waals surface area contributed by atoms with E-state index in [0.29, 0.717) is 5.92 Å². The Balaban J connectivity index is 1.99. The normalized spacial score (nSPS) is 11.5. The van der Waals surface area contributed by atoms with Crippen LogP contribution in [0.1, 0.15) is 30.8 Å². The van der Waals surface area contributed by atoms with Crippen LogP contribution >= 0.6 is 11.6 Å². The molecule has 0 spiro atoms. The Kier molecular flexibility index (Phi) is 4.89. The predicted octanol–water partition coefficient (Wildman–Crippen LogP) is 2.98. The molecule has 2 rings (SSSR count). The highest BCUT2D eigenvalue weighted by Gasteiger charge is 2.11. The molecule has 0 saturated heterocycles. The zero-order valence-corrected chi connectivity index (χ0v) is 13.4. The molecule has 5 heteroatoms. The highest BCUT2D eigenvalue weighted by Crippen LogP contribution is 2.20. The van der Waals surface area contributed by atoms with E-state index in [1.807, 2.05) is 18.7 Å². The third-order valence-electron chi connectivity index (χ3n) is 3.29. The standard InChI is InChI=1S/C15H23ClN4/c1-11(2)7-17-8-13-5-6-20(9-13)10-14-15(16)12(3)18-19(14)4/h5-6,9,11,17H,7-8,10H2,1-4H3. The lowest BCUT2D eigenvalue weighted by atomic mass is 10.2. The van der Waals surface area contributed by atoms with E-state index in [-0.39, 0.29) is 0 Å². The second-order valence-electron chi connectivity index (χ2n) is 5.69. The number of hydrogen-bond acceptors (Lipinski definition) is 2. The molecule has 0 aliphatic carbocycles. The first-order valence-electron chi connectivity index (χ1n) is 7.00. The Morgan fingerprint density at radius 1 is 1.40 bits per heavy atom. The van der Waals surface area contributed by atoms with Gasteiger partial charge in [0.2, 0.25) is 0 Å². The fourth-order valence-corrected chi connectivity index (χ4v) is 2.44. The van der Waals surface area contributed by atoms with Crippen molar-refractivity contribution in [3.05, 3.63) is 40.4 Å². The highest BCUT2D eigenvalue weighted by molar-refractivity contribution is 6.31. The summed E-state index contributed by atoms with van der Waals surface area (Å²) in [5.74, 6) is 0.674. The lowest BCUT2D eigenvalue weighted by Gasteiger charge is -2.06. The third kappa shape index (κ3) is 3.64. The first-order valence-corrected chi connectivity index (χ1v) is 7.38. The van der Waals surface area contributed by atoms with Crippen molar-refractivity contribution in [1.82, 2.24) is 19.7 Å². The molecular weight excluding hydrogens is 272 g/mol. The molecule has 0 fully saturated rings. The summed E-state index contributed by atoms with van der Waals surface area (Å²) in [5, 5.41) is 8.55. The van der Waals surface area contributed by atoms with E-state index in [9.17, 15) is 0 Å². The van der Waals surface area contributed by atoms with E-state index in [1.54, 1.807) is 0 Å². The SMILES string of the molecule is Cc1nn(C)c(Cn2ccc(CNCC(C)C)c2)c1Cl. The molecule has 0 radical (unpaired) electrons. The van der Waals surface area contributed by atoms with Crippen LogP contribution in [-0.2, 0) is 20.1 Å². The van der Waals surface area contributed by atoms with Crippen LogP contribution in [-0.4, -0.2) is 20.9 Å². The molecule has 2 aromatic rings. The van der Waals surface area contributed by atoms with E-state index in [2.05, 4.69) is 47.3 Å². The third-order valence-corrected chi connectivity index (χ3v) is 3.78. The summed E-state index contributed by atoms with van der Waals surface area (Å²) in [6.45, 7) is 9.06. The Labute approximate surface area is 125 Å². The molecule has 0 saturated carbocycles. The van der Waals surface area contributed by atoms with E-state index in [1.165, 1.54) is 5.56 Å². The molecular formula is C15H23ClN4. The van der Waals surface area contributed by atoms with Crippen molar-refractivity contribution in [1.29, 1.82) is 0 Å². The molecule has 4 nitrogen and oxygen atoms in total. The van der Waals surface area contributed by atoms with Gasteiger partial charge in [-0.25, -0.2) is 0 Å². The van der Waals surface area contributed by atoms with Crippen molar-refractivity contribution in [2.75, 3.05) is 6.54 Å². The molecule has 2 aromatic heterocycles. The number of halogens is 1. The minimum Gasteiger partial charge on any atom is -0.348 e. The largest absolute Gasteiger partial charge is 0.348 e. The van der Waals surface area contributed by atoms with E-state index in [0.717, 1.165) is 36.0 Å². The van der Waals surface area contributed by atoms with Gasteiger partial charge in [-0.1, -0.05) is 25.4 Å². The second kappa shape index (κ2) is 6.46. The van der Waals surface area contributed by atoms with Crippen molar-refractivity contribution in [2.24, 2.45) is 13.0 Å². The van der Waals surface area contributed by atoms with Gasteiger partial charge in [0.15, 0.2) is 0 Å².